The van der Waals surface area contributed by atoms with Crippen LogP contribution in [0.1, 0.15) is 38.9 Å². The van der Waals surface area contributed by atoms with Crippen LogP contribution >= 0.6 is 11.8 Å². The number of thioether (sulfide) groups is 1. The molecule has 18 heavy (non-hydrogen) atoms. The third kappa shape index (κ3) is 4.31. The van der Waals surface area contributed by atoms with Gasteiger partial charge < -0.3 is 10.3 Å². The first kappa shape index (κ1) is 15.0. The van der Waals surface area contributed by atoms with E-state index in [1.165, 1.54) is 0 Å². The summed E-state index contributed by atoms with van der Waals surface area (Å²) in [7, 11) is 1.93. The fraction of sp³-hybridized carbons (Fsp3) is 0.750. The zero-order chi connectivity index (χ0) is 13.6. The van der Waals surface area contributed by atoms with Gasteiger partial charge in [-0.2, -0.15) is 5.26 Å². The van der Waals surface area contributed by atoms with E-state index in [1.54, 1.807) is 11.8 Å². The van der Waals surface area contributed by atoms with E-state index in [4.69, 9.17) is 11.0 Å². The smallest absolute Gasteiger partial charge is 0.190 e. The molecule has 1 rings (SSSR count). The van der Waals surface area contributed by atoms with Crippen LogP contribution in [0.5, 0.6) is 0 Å². The van der Waals surface area contributed by atoms with Gasteiger partial charge in [0.1, 0.15) is 5.82 Å². The molecule has 0 bridgehead atoms. The minimum absolute atomic E-state index is 0.206. The summed E-state index contributed by atoms with van der Waals surface area (Å²) in [6.45, 7) is 4.38. The van der Waals surface area contributed by atoms with Crippen LogP contribution in [-0.2, 0) is 13.6 Å². The van der Waals surface area contributed by atoms with E-state index in [1.807, 2.05) is 25.5 Å². The molecule has 6 heteroatoms. The van der Waals surface area contributed by atoms with E-state index >= 15 is 0 Å². The minimum atomic E-state index is -0.206. The van der Waals surface area contributed by atoms with Gasteiger partial charge in [-0.15, -0.1) is 10.2 Å². The Kier molecular flexibility index (Phi) is 5.63. The highest BCUT2D eigenvalue weighted by Gasteiger charge is 2.15. The van der Waals surface area contributed by atoms with E-state index < -0.39 is 0 Å². The first-order valence-electron chi connectivity index (χ1n) is 6.12. The molecule has 2 N–H and O–H groups in total. The van der Waals surface area contributed by atoms with E-state index in [2.05, 4.69) is 16.3 Å². The van der Waals surface area contributed by atoms with Crippen molar-refractivity contribution in [2.45, 2.75) is 44.8 Å². The van der Waals surface area contributed by atoms with E-state index in [9.17, 15) is 0 Å². The Labute approximate surface area is 113 Å². The molecule has 0 radical (unpaired) electrons. The van der Waals surface area contributed by atoms with Gasteiger partial charge in [-0.25, -0.2) is 0 Å². The second kappa shape index (κ2) is 6.76. The summed E-state index contributed by atoms with van der Waals surface area (Å²) in [5, 5.41) is 17.9. The molecule has 1 heterocycles. The molecular formula is C12H21N5S. The van der Waals surface area contributed by atoms with Gasteiger partial charge in [0, 0.05) is 12.8 Å². The second-order valence-corrected chi connectivity index (χ2v) is 6.03. The molecule has 1 aromatic rings. The topological polar surface area (TPSA) is 80.5 Å². The number of hydrogen-bond acceptors (Lipinski definition) is 5. The Morgan fingerprint density at radius 2 is 2.11 bits per heavy atom. The first-order valence-corrected chi connectivity index (χ1v) is 7.11. The van der Waals surface area contributed by atoms with Gasteiger partial charge in [-0.05, 0) is 26.7 Å². The van der Waals surface area contributed by atoms with Gasteiger partial charge in [0.2, 0.25) is 0 Å². The number of aromatic nitrogens is 3. The number of hydrogen-bond donors (Lipinski definition) is 1. The van der Waals surface area contributed by atoms with Crippen LogP contribution < -0.4 is 5.73 Å². The van der Waals surface area contributed by atoms with Crippen LogP contribution in [0.3, 0.4) is 0 Å². The standard InChI is InChI=1S/C12H21N5S/c1-12(2,9-14)6-4-5-7-18-11-16-15-10(8-13)17(11)3/h4-8,13H2,1-3H3. The summed E-state index contributed by atoms with van der Waals surface area (Å²) in [5.74, 6) is 1.81. The van der Waals surface area contributed by atoms with Crippen LogP contribution in [-0.4, -0.2) is 20.5 Å². The van der Waals surface area contributed by atoms with Crippen LogP contribution in [0.15, 0.2) is 5.16 Å². The molecule has 100 valence electrons. The third-order valence-corrected chi connectivity index (χ3v) is 3.94. The van der Waals surface area contributed by atoms with Crippen LogP contribution in [0.4, 0.5) is 0 Å². The molecule has 0 saturated carbocycles. The van der Waals surface area contributed by atoms with Crippen LogP contribution in [0.2, 0.25) is 0 Å². The number of unbranched alkanes of at least 4 members (excludes halogenated alkanes) is 1. The third-order valence-electron chi connectivity index (χ3n) is 2.84. The zero-order valence-electron chi connectivity index (χ0n) is 11.3. The molecule has 0 saturated heterocycles. The van der Waals surface area contributed by atoms with Crippen LogP contribution in [0, 0.1) is 16.7 Å². The number of nitrogens with two attached hydrogens (primary N) is 1. The first-order chi connectivity index (χ1) is 8.50. The molecule has 0 fully saturated rings. The Bertz CT molecular complexity index is 419. The van der Waals surface area contributed by atoms with Crippen molar-refractivity contribution in [3.63, 3.8) is 0 Å². The number of nitrogens with zero attached hydrogens (tertiary/aromatic N) is 4. The number of rotatable bonds is 7. The van der Waals surface area contributed by atoms with Gasteiger partial charge in [0.15, 0.2) is 5.16 Å². The van der Waals surface area contributed by atoms with Crippen LogP contribution in [0.25, 0.3) is 0 Å². The summed E-state index contributed by atoms with van der Waals surface area (Å²) in [6.07, 6.45) is 3.09. The molecule has 0 spiro atoms. The molecule has 0 atom stereocenters. The maximum Gasteiger partial charge on any atom is 0.190 e. The van der Waals surface area contributed by atoms with Crippen molar-refractivity contribution in [3.8, 4) is 6.07 Å². The highest BCUT2D eigenvalue weighted by atomic mass is 32.2. The fourth-order valence-corrected chi connectivity index (χ4v) is 2.47. The molecule has 0 aliphatic rings. The van der Waals surface area contributed by atoms with Crippen molar-refractivity contribution in [1.29, 1.82) is 5.26 Å². The average Bonchev–Trinajstić information content (AvgIpc) is 2.70. The van der Waals surface area contributed by atoms with Crippen molar-refractivity contribution in [1.82, 2.24) is 14.8 Å². The van der Waals surface area contributed by atoms with Gasteiger partial charge in [-0.1, -0.05) is 18.2 Å². The Morgan fingerprint density at radius 3 is 2.67 bits per heavy atom. The summed E-state index contributed by atoms with van der Waals surface area (Å²) in [6, 6.07) is 2.32. The number of nitriles is 1. The maximum atomic E-state index is 8.91. The molecule has 0 aromatic carbocycles. The normalized spacial score (nSPS) is 11.5. The average molecular weight is 267 g/mol. The van der Waals surface area contributed by atoms with Gasteiger partial charge in [0.05, 0.1) is 18.0 Å². The summed E-state index contributed by atoms with van der Waals surface area (Å²) < 4.78 is 1.93. The van der Waals surface area contributed by atoms with Crippen molar-refractivity contribution in [2.24, 2.45) is 18.2 Å². The molecule has 1 aromatic heterocycles. The Morgan fingerprint density at radius 1 is 1.39 bits per heavy atom. The monoisotopic (exact) mass is 267 g/mol. The highest BCUT2D eigenvalue weighted by Crippen LogP contribution is 2.23. The molecule has 0 aliphatic carbocycles. The summed E-state index contributed by atoms with van der Waals surface area (Å²) >= 11 is 1.69. The Balaban J connectivity index is 2.26. The summed E-state index contributed by atoms with van der Waals surface area (Å²) in [4.78, 5) is 0. The second-order valence-electron chi connectivity index (χ2n) is 4.96. The minimum Gasteiger partial charge on any atom is -0.324 e. The molecule has 0 aliphatic heterocycles. The molecule has 0 unspecified atom stereocenters. The predicted octanol–water partition coefficient (Wildman–Crippen LogP) is 2.09. The van der Waals surface area contributed by atoms with E-state index in [-0.39, 0.29) is 5.41 Å². The van der Waals surface area contributed by atoms with Crippen molar-refractivity contribution >= 4 is 11.8 Å². The Hall–Kier alpha value is -1.06. The lowest BCUT2D eigenvalue weighted by Gasteiger charge is -2.13. The van der Waals surface area contributed by atoms with Gasteiger partial charge in [0.25, 0.3) is 0 Å². The van der Waals surface area contributed by atoms with Crippen molar-refractivity contribution in [3.05, 3.63) is 5.82 Å². The maximum absolute atomic E-state index is 8.91. The molecule has 5 nitrogen and oxygen atoms in total. The molecular weight excluding hydrogens is 246 g/mol. The largest absolute Gasteiger partial charge is 0.324 e. The van der Waals surface area contributed by atoms with E-state index in [0.717, 1.165) is 36.0 Å². The quantitative estimate of drug-likeness (QED) is 0.604. The lowest BCUT2D eigenvalue weighted by Crippen LogP contribution is -2.07. The zero-order valence-corrected chi connectivity index (χ0v) is 12.1. The lowest BCUT2D eigenvalue weighted by molar-refractivity contribution is 0.433. The molecule has 0 amide bonds. The van der Waals surface area contributed by atoms with E-state index in [0.29, 0.717) is 6.54 Å². The summed E-state index contributed by atoms with van der Waals surface area (Å²) in [5.41, 5.74) is 5.33. The highest BCUT2D eigenvalue weighted by molar-refractivity contribution is 7.99. The van der Waals surface area contributed by atoms with Gasteiger partial charge >= 0.3 is 0 Å². The SMILES string of the molecule is Cn1c(CN)nnc1SCCCCC(C)(C)C#N. The fourth-order valence-electron chi connectivity index (χ4n) is 1.54. The lowest BCUT2D eigenvalue weighted by atomic mass is 9.89. The van der Waals surface area contributed by atoms with Crippen molar-refractivity contribution < 1.29 is 0 Å². The van der Waals surface area contributed by atoms with Gasteiger partial charge in [-0.3, -0.25) is 0 Å². The predicted molar refractivity (Wildman–Crippen MR) is 72.9 cm³/mol. The van der Waals surface area contributed by atoms with Crippen molar-refractivity contribution in [2.75, 3.05) is 5.75 Å².